The molecule has 0 bridgehead atoms. The van der Waals surface area contributed by atoms with Crippen LogP contribution in [-0.4, -0.2) is 24.0 Å². The van der Waals surface area contributed by atoms with E-state index in [2.05, 4.69) is 10.1 Å². The molecule has 7 heteroatoms. The average molecular weight is 246 g/mol. The van der Waals surface area contributed by atoms with Gasteiger partial charge in [0.2, 0.25) is 6.08 Å². The summed E-state index contributed by atoms with van der Waals surface area (Å²) in [6.07, 6.45) is -1.57. The largest absolute Gasteiger partial charge is 0.399 e. The Kier molecular flexibility index (Phi) is 3.02. The van der Waals surface area contributed by atoms with Gasteiger partial charge in [-0.15, -0.1) is 0 Å². The van der Waals surface area contributed by atoms with E-state index in [1.165, 1.54) is 6.07 Å². The SMILES string of the molecule is O=C=NCC(c1cc(C2CC2)on1)C(F)(F)F. The first-order valence-electron chi connectivity index (χ1n) is 5.09. The Morgan fingerprint density at radius 1 is 1.59 bits per heavy atom. The molecule has 1 aromatic rings. The Labute approximate surface area is 94.5 Å². The fourth-order valence-electron chi connectivity index (χ4n) is 1.52. The highest BCUT2D eigenvalue weighted by Crippen LogP contribution is 2.42. The molecule has 2 rings (SSSR count). The van der Waals surface area contributed by atoms with Crippen LogP contribution in [0.5, 0.6) is 0 Å². The van der Waals surface area contributed by atoms with Crippen molar-refractivity contribution in [2.75, 3.05) is 6.54 Å². The maximum absolute atomic E-state index is 12.7. The van der Waals surface area contributed by atoms with Crippen LogP contribution >= 0.6 is 0 Å². The van der Waals surface area contributed by atoms with Crippen molar-refractivity contribution in [1.82, 2.24) is 5.16 Å². The fraction of sp³-hybridized carbons (Fsp3) is 0.600. The van der Waals surface area contributed by atoms with Crippen molar-refractivity contribution in [2.24, 2.45) is 4.99 Å². The number of isocyanates is 1. The van der Waals surface area contributed by atoms with Crippen molar-refractivity contribution in [1.29, 1.82) is 0 Å². The second-order valence-corrected chi connectivity index (χ2v) is 3.95. The van der Waals surface area contributed by atoms with Gasteiger partial charge in [0.25, 0.3) is 0 Å². The first-order chi connectivity index (χ1) is 8.02. The van der Waals surface area contributed by atoms with Gasteiger partial charge in [-0.1, -0.05) is 5.16 Å². The molecule has 17 heavy (non-hydrogen) atoms. The number of nitrogens with zero attached hydrogens (tertiary/aromatic N) is 2. The van der Waals surface area contributed by atoms with Gasteiger partial charge in [0.15, 0.2) is 0 Å². The lowest BCUT2D eigenvalue weighted by Crippen LogP contribution is -2.23. The molecule has 0 N–H and O–H groups in total. The Bertz CT molecular complexity index is 445. The molecule has 1 aliphatic rings. The van der Waals surface area contributed by atoms with Crippen LogP contribution < -0.4 is 0 Å². The van der Waals surface area contributed by atoms with E-state index in [1.54, 1.807) is 0 Å². The molecule has 0 spiro atoms. The van der Waals surface area contributed by atoms with Crippen LogP contribution in [0.3, 0.4) is 0 Å². The number of alkyl halides is 3. The van der Waals surface area contributed by atoms with Crippen molar-refractivity contribution < 1.29 is 22.5 Å². The lowest BCUT2D eigenvalue weighted by atomic mass is 10.0. The molecule has 1 atom stereocenters. The molecule has 1 heterocycles. The number of carbonyl (C=O) groups excluding carboxylic acids is 1. The van der Waals surface area contributed by atoms with E-state index < -0.39 is 18.6 Å². The highest BCUT2D eigenvalue weighted by atomic mass is 19.4. The van der Waals surface area contributed by atoms with E-state index in [9.17, 15) is 18.0 Å². The Morgan fingerprint density at radius 3 is 2.82 bits per heavy atom. The van der Waals surface area contributed by atoms with Crippen molar-refractivity contribution in [2.45, 2.75) is 30.9 Å². The second kappa shape index (κ2) is 4.33. The smallest absolute Gasteiger partial charge is 0.361 e. The minimum absolute atomic E-state index is 0.194. The van der Waals surface area contributed by atoms with Crippen LogP contribution in [0.1, 0.15) is 36.1 Å². The standard InChI is InChI=1S/C10H9F3N2O2/c11-10(12,13)7(4-14-5-16)8-3-9(17-15-8)6-1-2-6/h3,6-7H,1-2,4H2. The van der Waals surface area contributed by atoms with Crippen molar-refractivity contribution in [3.63, 3.8) is 0 Å². The summed E-state index contributed by atoms with van der Waals surface area (Å²) in [5.41, 5.74) is -0.224. The van der Waals surface area contributed by atoms with E-state index in [0.29, 0.717) is 5.76 Å². The summed E-state index contributed by atoms with van der Waals surface area (Å²) < 4.78 is 42.9. The maximum atomic E-state index is 12.7. The monoisotopic (exact) mass is 246 g/mol. The Balaban J connectivity index is 2.20. The van der Waals surface area contributed by atoms with Gasteiger partial charge in [-0.25, -0.2) is 9.79 Å². The number of hydrogen-bond donors (Lipinski definition) is 0. The molecule has 0 radical (unpaired) electrons. The predicted molar refractivity (Wildman–Crippen MR) is 50.3 cm³/mol. The van der Waals surface area contributed by atoms with Crippen LogP contribution in [0.25, 0.3) is 0 Å². The molecule has 0 aromatic carbocycles. The van der Waals surface area contributed by atoms with Crippen molar-refractivity contribution in [3.8, 4) is 0 Å². The summed E-state index contributed by atoms with van der Waals surface area (Å²) >= 11 is 0. The number of hydrogen-bond acceptors (Lipinski definition) is 4. The molecule has 1 saturated carbocycles. The summed E-state index contributed by atoms with van der Waals surface area (Å²) in [6, 6.07) is 1.30. The van der Waals surface area contributed by atoms with Crippen molar-refractivity contribution in [3.05, 3.63) is 17.5 Å². The summed E-state index contributed by atoms with van der Waals surface area (Å²) in [7, 11) is 0. The van der Waals surface area contributed by atoms with Gasteiger partial charge >= 0.3 is 6.18 Å². The van der Waals surface area contributed by atoms with E-state index >= 15 is 0 Å². The van der Waals surface area contributed by atoms with Crippen LogP contribution in [0, 0.1) is 0 Å². The third-order valence-electron chi connectivity index (χ3n) is 2.62. The minimum atomic E-state index is -4.50. The average Bonchev–Trinajstić information content (AvgIpc) is 2.98. The third-order valence-corrected chi connectivity index (χ3v) is 2.62. The molecule has 1 unspecified atom stereocenters. The molecule has 0 amide bonds. The molecule has 0 aliphatic heterocycles. The molecular formula is C10H9F3N2O2. The molecule has 4 nitrogen and oxygen atoms in total. The van der Waals surface area contributed by atoms with E-state index in [1.807, 2.05) is 0 Å². The zero-order valence-corrected chi connectivity index (χ0v) is 8.70. The molecular weight excluding hydrogens is 237 g/mol. The van der Waals surface area contributed by atoms with Crippen LogP contribution in [0.2, 0.25) is 0 Å². The molecule has 92 valence electrons. The normalized spacial score (nSPS) is 17.6. The third kappa shape index (κ3) is 2.74. The first-order valence-corrected chi connectivity index (χ1v) is 5.09. The zero-order chi connectivity index (χ0) is 12.5. The maximum Gasteiger partial charge on any atom is 0.399 e. The quantitative estimate of drug-likeness (QED) is 0.606. The van der Waals surface area contributed by atoms with Gasteiger partial charge in [0.1, 0.15) is 11.7 Å². The lowest BCUT2D eigenvalue weighted by Gasteiger charge is -2.14. The zero-order valence-electron chi connectivity index (χ0n) is 8.70. The van der Waals surface area contributed by atoms with E-state index in [0.717, 1.165) is 18.9 Å². The van der Waals surface area contributed by atoms with Gasteiger partial charge in [-0.05, 0) is 12.8 Å². The van der Waals surface area contributed by atoms with Crippen LogP contribution in [-0.2, 0) is 4.79 Å². The van der Waals surface area contributed by atoms with Crippen molar-refractivity contribution >= 4 is 6.08 Å². The molecule has 1 fully saturated rings. The highest BCUT2D eigenvalue weighted by molar-refractivity contribution is 5.33. The predicted octanol–water partition coefficient (Wildman–Crippen LogP) is 2.53. The van der Waals surface area contributed by atoms with E-state index in [4.69, 9.17) is 4.52 Å². The summed E-state index contributed by atoms with van der Waals surface area (Å²) in [4.78, 5) is 12.9. The van der Waals surface area contributed by atoms with Crippen LogP contribution in [0.15, 0.2) is 15.6 Å². The number of rotatable bonds is 4. The van der Waals surface area contributed by atoms with Crippen LogP contribution in [0.4, 0.5) is 13.2 Å². The fourth-order valence-corrected chi connectivity index (χ4v) is 1.52. The topological polar surface area (TPSA) is 55.5 Å². The number of halogens is 3. The minimum Gasteiger partial charge on any atom is -0.361 e. The first kappa shape index (κ1) is 11.9. The lowest BCUT2D eigenvalue weighted by molar-refractivity contribution is -0.149. The van der Waals surface area contributed by atoms with Gasteiger partial charge in [0.05, 0.1) is 12.2 Å². The van der Waals surface area contributed by atoms with Gasteiger partial charge < -0.3 is 4.52 Å². The molecule has 0 saturated heterocycles. The van der Waals surface area contributed by atoms with Gasteiger partial charge in [-0.3, -0.25) is 0 Å². The molecule has 1 aromatic heterocycles. The summed E-state index contributed by atoms with van der Waals surface area (Å²) in [5.74, 6) is -1.23. The highest BCUT2D eigenvalue weighted by Gasteiger charge is 2.43. The number of aromatic nitrogens is 1. The Morgan fingerprint density at radius 2 is 2.29 bits per heavy atom. The van der Waals surface area contributed by atoms with Gasteiger partial charge in [-0.2, -0.15) is 13.2 Å². The van der Waals surface area contributed by atoms with Gasteiger partial charge in [0, 0.05) is 12.0 Å². The summed E-state index contributed by atoms with van der Waals surface area (Å²) in [6.45, 7) is -0.705. The number of aliphatic imine (C=N–C) groups is 1. The van der Waals surface area contributed by atoms with E-state index in [-0.39, 0.29) is 11.6 Å². The second-order valence-electron chi connectivity index (χ2n) is 3.95. The Hall–Kier alpha value is -1.62. The summed E-state index contributed by atoms with van der Waals surface area (Å²) in [5, 5.41) is 3.41. The molecule has 1 aliphatic carbocycles.